The maximum atomic E-state index is 12.9. The van der Waals surface area contributed by atoms with Gasteiger partial charge in [0.25, 0.3) is 17.7 Å². The second kappa shape index (κ2) is 61.6. The summed E-state index contributed by atoms with van der Waals surface area (Å²) in [7, 11) is 3.48. The summed E-state index contributed by atoms with van der Waals surface area (Å²) in [6, 6.07) is 30.2. The van der Waals surface area contributed by atoms with Crippen molar-refractivity contribution in [1.82, 2.24) is 35.0 Å². The number of halogens is 8. The van der Waals surface area contributed by atoms with Crippen LogP contribution in [0.15, 0.2) is 178 Å². The van der Waals surface area contributed by atoms with Crippen LogP contribution >= 0.6 is 82.6 Å². The van der Waals surface area contributed by atoms with Crippen LogP contribution in [0.1, 0.15) is 142 Å². The van der Waals surface area contributed by atoms with Crippen LogP contribution in [0.25, 0.3) is 32.7 Å². The van der Waals surface area contributed by atoms with Gasteiger partial charge >= 0.3 is 103 Å². The number of aromatic nitrogens is 3. The Hall–Kier alpha value is -5.33. The first kappa shape index (κ1) is 124. The Bertz CT molecular complexity index is 5980. The summed E-state index contributed by atoms with van der Waals surface area (Å²) >= 11 is 29.5. The fourth-order valence-electron chi connectivity index (χ4n) is 15.1. The van der Waals surface area contributed by atoms with E-state index >= 15 is 0 Å². The van der Waals surface area contributed by atoms with Crippen molar-refractivity contribution < 1.29 is 218 Å². The zero-order valence-corrected chi connectivity index (χ0v) is 99.9. The minimum atomic E-state index is -0.762. The number of benzene rings is 6. The van der Waals surface area contributed by atoms with Crippen LogP contribution in [0.3, 0.4) is 0 Å². The smallest absolute Gasteiger partial charge is 1.00 e. The number of ether oxygens (including phenoxy) is 7. The molecule has 37 heteroatoms. The normalized spacial score (nSPS) is 14.2. The summed E-state index contributed by atoms with van der Waals surface area (Å²) < 4.78 is 40.3. The molecule has 746 valence electrons. The zero-order valence-electron chi connectivity index (χ0n) is 82.3. The molecule has 0 unspecified atom stereocenters. The van der Waals surface area contributed by atoms with Gasteiger partial charge in [0.15, 0.2) is 0 Å². The number of nitrogens with one attached hydrogen (secondary N) is 1. The Labute approximate surface area is 987 Å². The van der Waals surface area contributed by atoms with Crippen molar-refractivity contribution in [3.63, 3.8) is 0 Å². The summed E-state index contributed by atoms with van der Waals surface area (Å²) in [5.41, 5.74) is 26.6. The minimum absolute atomic E-state index is 0. The first-order valence-corrected chi connectivity index (χ1v) is 50.1. The monoisotopic (exact) mass is 2450 g/mol. The molecule has 14 rings (SSSR count). The molecule has 8 N–H and O–H groups in total. The van der Waals surface area contributed by atoms with E-state index in [0.717, 1.165) is 146 Å². The van der Waals surface area contributed by atoms with E-state index in [9.17, 15) is 33.9 Å². The summed E-state index contributed by atoms with van der Waals surface area (Å²) in [6.07, 6.45) is 15.3. The number of hydrogen-bond donors (Lipinski definition) is 5. The number of aromatic hydroxyl groups is 1. The zero-order chi connectivity index (χ0) is 99.1. The SMILES string of the molecule is BrCCCBr.CC(C)(C)C1=NCC(CC(=O)Cc2ccc(Oc3ccnc4cc(OCCCBr)c(C(N)=O)cc34)cc2Cl)=C1.COCCN1CCN(CCCOc2cc3nccc(Oc4ccc(CC(=O)CC5=CC(C(C)(C)C)=NC5)c(Cl)c4)c3cc2C(N)=O)CC1.COCCN1CCNCC1.[CH2+]C(C)(C)C1=NCC(CC(=O)Cc2ccc(Oc3ccnc4cc(O)c(C(N)=O)cc34)cc2Cl)=C1.[I-].[I-].[K+].[K+]. The van der Waals surface area contributed by atoms with Crippen molar-refractivity contribution in [3.05, 3.63) is 218 Å². The van der Waals surface area contributed by atoms with Gasteiger partial charge in [0.1, 0.15) is 74.5 Å². The summed E-state index contributed by atoms with van der Waals surface area (Å²) in [6.45, 7) is 36.5. The van der Waals surface area contributed by atoms with Crippen LogP contribution in [0.4, 0.5) is 0 Å². The number of ketones is 3. The molecule has 0 radical (unpaired) electrons. The fraction of sp³-hybridized carbons (Fsp3) is 0.413. The Kier molecular flexibility index (Phi) is 54.3. The van der Waals surface area contributed by atoms with Crippen molar-refractivity contribution in [2.45, 2.75) is 113 Å². The van der Waals surface area contributed by atoms with Crippen LogP contribution in [-0.2, 0) is 43.1 Å². The number of hydrogen-bond acceptors (Lipinski definition) is 24. The predicted molar refractivity (Wildman–Crippen MR) is 558 cm³/mol. The third-order valence-corrected chi connectivity index (χ3v) is 25.3. The fourth-order valence-corrected chi connectivity index (χ4v) is 17.4. The van der Waals surface area contributed by atoms with Gasteiger partial charge in [0, 0.05) is 231 Å². The summed E-state index contributed by atoms with van der Waals surface area (Å²) in [4.78, 5) is 108. The van der Waals surface area contributed by atoms with E-state index in [1.54, 1.807) is 124 Å². The van der Waals surface area contributed by atoms with Crippen LogP contribution in [0.5, 0.6) is 51.7 Å². The van der Waals surface area contributed by atoms with E-state index in [1.807, 2.05) is 32.1 Å². The number of carbonyl (C=O) groups is 6. The Morgan fingerprint density at radius 3 is 1.08 bits per heavy atom. The molecular formula is C104H124Br3Cl3I2K2N13O14+. The number of nitrogens with zero attached hydrogens (tertiary/aromatic N) is 9. The number of amides is 3. The van der Waals surface area contributed by atoms with Gasteiger partial charge in [-0.2, -0.15) is 0 Å². The van der Waals surface area contributed by atoms with Gasteiger partial charge < -0.3 is 114 Å². The van der Waals surface area contributed by atoms with Gasteiger partial charge in [-0.3, -0.25) is 68.5 Å². The van der Waals surface area contributed by atoms with E-state index < -0.39 is 17.7 Å². The minimum Gasteiger partial charge on any atom is -1.00 e. The van der Waals surface area contributed by atoms with Gasteiger partial charge in [-0.1, -0.05) is 142 Å². The molecule has 8 heterocycles. The number of aliphatic imine (C=N–C) groups is 3. The second-order valence-corrected chi connectivity index (χ2v) is 40.0. The maximum Gasteiger partial charge on any atom is 1.00 e. The van der Waals surface area contributed by atoms with Crippen molar-refractivity contribution in [2.75, 3.05) is 148 Å². The van der Waals surface area contributed by atoms with Crippen molar-refractivity contribution in [3.8, 4) is 51.7 Å². The van der Waals surface area contributed by atoms with Gasteiger partial charge in [-0.25, -0.2) is 0 Å². The van der Waals surface area contributed by atoms with E-state index in [4.69, 9.17) is 85.2 Å². The number of fused-ring (bicyclic) bond motifs is 3. The molecular weight excluding hydrogens is 2330 g/mol. The third kappa shape index (κ3) is 39.6. The molecule has 5 aliphatic heterocycles. The number of primary amides is 3. The van der Waals surface area contributed by atoms with Gasteiger partial charge in [-0.05, 0) is 158 Å². The van der Waals surface area contributed by atoms with E-state index in [2.05, 4.69) is 146 Å². The maximum absolute atomic E-state index is 12.9. The second-order valence-electron chi connectivity index (χ2n) is 36.4. The Morgan fingerprint density at radius 1 is 0.426 bits per heavy atom. The van der Waals surface area contributed by atoms with Crippen LogP contribution in [0, 0.1) is 23.2 Å². The Balaban J connectivity index is 0.000000299. The van der Waals surface area contributed by atoms with Crippen molar-refractivity contribution in [1.29, 1.82) is 0 Å². The number of alkyl halides is 3. The van der Waals surface area contributed by atoms with Crippen molar-refractivity contribution >= 4 is 168 Å². The number of nitrogens with two attached hydrogens (primary N) is 3. The van der Waals surface area contributed by atoms with Gasteiger partial charge in [0.05, 0.1) is 91.9 Å². The summed E-state index contributed by atoms with van der Waals surface area (Å²) in [5.74, 6) is 1.58. The molecule has 2 fully saturated rings. The molecule has 5 aliphatic rings. The van der Waals surface area contributed by atoms with Crippen LogP contribution in [0.2, 0.25) is 15.1 Å². The first-order valence-electron chi connectivity index (χ1n) is 45.6. The number of rotatable bonds is 39. The molecule has 141 heavy (non-hydrogen) atoms. The molecule has 27 nitrogen and oxygen atoms in total. The topological polar surface area (TPSA) is 363 Å². The molecule has 9 aromatic rings. The molecule has 3 amide bonds. The largest absolute Gasteiger partial charge is 1.00 e. The average molecular weight is 2460 g/mol. The van der Waals surface area contributed by atoms with E-state index in [0.29, 0.717) is 151 Å². The quantitative estimate of drug-likeness (QED) is 0.00815. The van der Waals surface area contributed by atoms with Crippen LogP contribution < -0.4 is 197 Å². The number of Topliss-reactive ketones (excluding diaryl/α,β-unsaturated/α-hetero) is 3. The number of allylic oxidation sites excluding steroid dienone is 3. The van der Waals surface area contributed by atoms with Crippen molar-refractivity contribution in [2.24, 2.45) is 48.4 Å². The molecule has 2 saturated heterocycles. The number of piperazine rings is 2. The first-order chi connectivity index (χ1) is 65.4. The van der Waals surface area contributed by atoms with Gasteiger partial charge in [-0.15, -0.1) is 0 Å². The third-order valence-electron chi connectivity index (χ3n) is 22.6. The van der Waals surface area contributed by atoms with Crippen LogP contribution in [-0.4, -0.2) is 235 Å². The predicted octanol–water partition coefficient (Wildman–Crippen LogP) is 7.56. The molecule has 6 aromatic carbocycles. The summed E-state index contributed by atoms with van der Waals surface area (Å²) in [5, 5.41) is 19.3. The van der Waals surface area contributed by atoms with E-state index in [1.165, 1.54) is 37.8 Å². The molecule has 0 spiro atoms. The number of pyridine rings is 3. The number of carbonyl (C=O) groups excluding carboxylic acids is 6. The molecule has 0 saturated carbocycles. The number of methoxy groups -OCH3 is 2. The Morgan fingerprint density at radius 2 is 0.759 bits per heavy atom. The molecule has 0 aliphatic carbocycles. The standard InChI is InChI=1S/C37H46ClN5O5.C30H31BrClN3O4.C27H24ClN3O4.C7H16N2O.C3H6Br2.2HI.2K/c1-37(2,3)35-19-25(24-41-35)18-27(44)20-26-6-7-28(21-31(26)38)48-33-8-9-40-32-23-34(30(36(39)45)22-29(32)33)47-16-5-10-42-11-13-43(14-12-42)15-17-46-4;1-30(2,3)28-12-18(17-35-28)11-20(36)13-19-5-6-21(14-24(19)32)39-26-7-9-34-25-16-27(38-10-4-8-31)23(29(33)37)15-22(25)26;1-27(2,3)25-9-15(14-31-25)8-17(32)10-16-4-5-18(11-21(16)28)35-24-6-7-30-22-13-23(33)20(26(29)34)12-19(22)24;1-10-7-6-9-4-2-8-3-5-9;4-2-1-3-5;;;;/h6-9,19,21-23H,5,10-18,20,24H2,1-4H3,(H2,39,45);5-7,9,12,14-16H,4,8,10-11,13,17H2,1-3H3,(H2,33,37);4-7,9,11-13H,1,8,10,14H2,2-3H3,(H2-,29,30,33,34);8H,2-7H2,1H3;1-3H2;2*1H;;/q;;;;;;;2*+1/p-1. The molecule has 0 bridgehead atoms. The van der Waals surface area contributed by atoms with E-state index in [-0.39, 0.29) is 226 Å². The number of phenols is 1. The molecule has 0 atom stereocenters. The van der Waals surface area contributed by atoms with Gasteiger partial charge in [0.2, 0.25) is 0 Å². The molecule has 3 aromatic heterocycles. The average Bonchev–Trinajstić information content (AvgIpc) is 1.58.